The van der Waals surface area contributed by atoms with E-state index in [2.05, 4.69) is 15.3 Å². The average Bonchev–Trinajstić information content (AvgIpc) is 3.10. The number of alkyl halides is 6. The van der Waals surface area contributed by atoms with Crippen molar-refractivity contribution in [2.24, 2.45) is 0 Å². The van der Waals surface area contributed by atoms with E-state index in [1.54, 1.807) is 16.8 Å². The first kappa shape index (κ1) is 20.7. The lowest BCUT2D eigenvalue weighted by molar-refractivity contribution is -0.143. The maximum atomic E-state index is 13.2. The first-order valence-electron chi connectivity index (χ1n) is 9.30. The molecule has 0 amide bonds. The summed E-state index contributed by atoms with van der Waals surface area (Å²) in [5.41, 5.74) is -1.90. The number of nitrogens with one attached hydrogen (secondary N) is 1. The number of piperazine rings is 1. The Morgan fingerprint density at radius 2 is 1.53 bits per heavy atom. The summed E-state index contributed by atoms with van der Waals surface area (Å²) in [6.07, 6.45) is -8.30. The second-order valence-electron chi connectivity index (χ2n) is 7.19. The summed E-state index contributed by atoms with van der Waals surface area (Å²) in [5, 5.41) is 8.07. The van der Waals surface area contributed by atoms with Crippen molar-refractivity contribution in [3.63, 3.8) is 0 Å². The molecular weight excluding hydrogens is 410 g/mol. The second kappa shape index (κ2) is 7.59. The second-order valence-corrected chi connectivity index (χ2v) is 7.19. The van der Waals surface area contributed by atoms with Gasteiger partial charge in [-0.1, -0.05) is 12.1 Å². The van der Waals surface area contributed by atoms with E-state index in [1.807, 2.05) is 0 Å². The smallest absolute Gasteiger partial charge is 0.314 e. The SMILES string of the molecule is FC(F)(F)c1cc(-c2cccc3c2cnn3CN2CCNCC2)cc(C(F)(F)F)c1. The van der Waals surface area contributed by atoms with Gasteiger partial charge < -0.3 is 5.32 Å². The predicted octanol–water partition coefficient (Wildman–Crippen LogP) is 4.60. The Bertz CT molecular complexity index is 1020. The van der Waals surface area contributed by atoms with Gasteiger partial charge in [0.25, 0.3) is 0 Å². The largest absolute Gasteiger partial charge is 0.416 e. The van der Waals surface area contributed by atoms with Gasteiger partial charge in [-0.3, -0.25) is 9.58 Å². The fourth-order valence-corrected chi connectivity index (χ4v) is 3.62. The molecule has 0 unspecified atom stereocenters. The number of benzene rings is 2. The minimum Gasteiger partial charge on any atom is -0.314 e. The summed E-state index contributed by atoms with van der Waals surface area (Å²) in [6.45, 7) is 3.82. The van der Waals surface area contributed by atoms with Crippen LogP contribution in [0.25, 0.3) is 22.0 Å². The van der Waals surface area contributed by atoms with Gasteiger partial charge >= 0.3 is 12.4 Å². The summed E-state index contributed by atoms with van der Waals surface area (Å²) in [6, 6.07) is 6.51. The Kier molecular flexibility index (Phi) is 5.23. The van der Waals surface area contributed by atoms with Gasteiger partial charge in [0.05, 0.1) is 29.5 Å². The number of hydrogen-bond donors (Lipinski definition) is 1. The van der Waals surface area contributed by atoms with E-state index in [9.17, 15) is 26.3 Å². The molecule has 0 atom stereocenters. The highest BCUT2D eigenvalue weighted by molar-refractivity contribution is 5.94. The van der Waals surface area contributed by atoms with Gasteiger partial charge in [-0.05, 0) is 35.4 Å². The topological polar surface area (TPSA) is 33.1 Å². The van der Waals surface area contributed by atoms with Crippen molar-refractivity contribution in [1.29, 1.82) is 0 Å². The van der Waals surface area contributed by atoms with Gasteiger partial charge in [-0.15, -0.1) is 0 Å². The van der Waals surface area contributed by atoms with Crippen LogP contribution in [0, 0.1) is 0 Å². The third-order valence-electron chi connectivity index (χ3n) is 5.13. The normalized spacial score (nSPS) is 16.3. The lowest BCUT2D eigenvalue weighted by Gasteiger charge is -2.27. The van der Waals surface area contributed by atoms with Crippen molar-refractivity contribution in [2.45, 2.75) is 19.0 Å². The van der Waals surface area contributed by atoms with Crippen LogP contribution in [0.5, 0.6) is 0 Å². The molecule has 0 aliphatic carbocycles. The first-order valence-corrected chi connectivity index (χ1v) is 9.30. The van der Waals surface area contributed by atoms with Gasteiger partial charge in [0, 0.05) is 31.6 Å². The number of halogens is 6. The van der Waals surface area contributed by atoms with Crippen molar-refractivity contribution in [1.82, 2.24) is 20.0 Å². The van der Waals surface area contributed by atoms with Crippen molar-refractivity contribution in [2.75, 3.05) is 26.2 Å². The van der Waals surface area contributed by atoms with Gasteiger partial charge in [0.2, 0.25) is 0 Å². The highest BCUT2D eigenvalue weighted by Crippen LogP contribution is 2.40. The van der Waals surface area contributed by atoms with Crippen LogP contribution in [-0.2, 0) is 19.0 Å². The van der Waals surface area contributed by atoms with Gasteiger partial charge in [0.1, 0.15) is 0 Å². The first-order chi connectivity index (χ1) is 14.1. The van der Waals surface area contributed by atoms with Gasteiger partial charge in [-0.25, -0.2) is 0 Å². The molecule has 1 aliphatic heterocycles. The molecule has 10 heteroatoms. The van der Waals surface area contributed by atoms with E-state index >= 15 is 0 Å². The maximum Gasteiger partial charge on any atom is 0.416 e. The summed E-state index contributed by atoms with van der Waals surface area (Å²) in [5.74, 6) is 0. The molecule has 1 saturated heterocycles. The van der Waals surface area contributed by atoms with Crippen molar-refractivity contribution >= 4 is 10.9 Å². The van der Waals surface area contributed by atoms with Gasteiger partial charge in [-0.2, -0.15) is 31.4 Å². The fraction of sp³-hybridized carbons (Fsp3) is 0.350. The Morgan fingerprint density at radius 3 is 2.13 bits per heavy atom. The van der Waals surface area contributed by atoms with E-state index in [4.69, 9.17) is 0 Å². The number of fused-ring (bicyclic) bond motifs is 1. The van der Waals surface area contributed by atoms with Crippen LogP contribution in [0.1, 0.15) is 11.1 Å². The lowest BCUT2D eigenvalue weighted by Crippen LogP contribution is -2.44. The zero-order valence-electron chi connectivity index (χ0n) is 15.7. The zero-order chi connectivity index (χ0) is 21.5. The molecule has 4 rings (SSSR count). The molecule has 4 nitrogen and oxygen atoms in total. The molecule has 1 aromatic heterocycles. The highest BCUT2D eigenvalue weighted by atomic mass is 19.4. The van der Waals surface area contributed by atoms with E-state index in [0.717, 1.165) is 38.3 Å². The monoisotopic (exact) mass is 428 g/mol. The minimum atomic E-state index is -4.89. The number of hydrogen-bond acceptors (Lipinski definition) is 3. The Hall–Kier alpha value is -2.59. The predicted molar refractivity (Wildman–Crippen MR) is 99.6 cm³/mol. The fourth-order valence-electron chi connectivity index (χ4n) is 3.62. The van der Waals surface area contributed by atoms with Crippen LogP contribution in [-0.4, -0.2) is 40.9 Å². The third kappa shape index (κ3) is 4.15. The minimum absolute atomic E-state index is 0.136. The summed E-state index contributed by atoms with van der Waals surface area (Å²) >= 11 is 0. The van der Waals surface area contributed by atoms with E-state index in [0.29, 0.717) is 17.6 Å². The lowest BCUT2D eigenvalue weighted by atomic mass is 9.97. The molecule has 0 saturated carbocycles. The quantitative estimate of drug-likeness (QED) is 0.619. The van der Waals surface area contributed by atoms with E-state index < -0.39 is 23.5 Å². The molecule has 2 aromatic carbocycles. The molecule has 1 fully saturated rings. The Labute approximate surface area is 168 Å². The maximum absolute atomic E-state index is 13.2. The van der Waals surface area contributed by atoms with Gasteiger partial charge in [0.15, 0.2) is 0 Å². The molecule has 0 bridgehead atoms. The van der Waals surface area contributed by atoms with Crippen LogP contribution >= 0.6 is 0 Å². The number of aromatic nitrogens is 2. The van der Waals surface area contributed by atoms with Crippen LogP contribution in [0.3, 0.4) is 0 Å². The number of rotatable bonds is 3. The summed E-state index contributed by atoms with van der Waals surface area (Å²) < 4.78 is 81.1. The van der Waals surface area contributed by atoms with Crippen molar-refractivity contribution in [3.05, 3.63) is 53.7 Å². The highest BCUT2D eigenvalue weighted by Gasteiger charge is 2.37. The average molecular weight is 428 g/mol. The molecule has 30 heavy (non-hydrogen) atoms. The Balaban J connectivity index is 1.79. The summed E-state index contributed by atoms with van der Waals surface area (Å²) in [4.78, 5) is 2.17. The molecule has 0 radical (unpaired) electrons. The molecule has 1 aliphatic rings. The van der Waals surface area contributed by atoms with Crippen LogP contribution in [0.2, 0.25) is 0 Å². The zero-order valence-corrected chi connectivity index (χ0v) is 15.7. The molecule has 1 N–H and O–H groups in total. The summed E-state index contributed by atoms with van der Waals surface area (Å²) in [7, 11) is 0. The molecular formula is C20H18F6N4. The van der Waals surface area contributed by atoms with E-state index in [-0.39, 0.29) is 17.2 Å². The van der Waals surface area contributed by atoms with Crippen molar-refractivity contribution in [3.8, 4) is 11.1 Å². The van der Waals surface area contributed by atoms with Crippen LogP contribution < -0.4 is 5.32 Å². The van der Waals surface area contributed by atoms with Crippen LogP contribution in [0.4, 0.5) is 26.3 Å². The van der Waals surface area contributed by atoms with Crippen molar-refractivity contribution < 1.29 is 26.3 Å². The molecule has 3 aromatic rings. The third-order valence-corrected chi connectivity index (χ3v) is 5.13. The van der Waals surface area contributed by atoms with Crippen LogP contribution in [0.15, 0.2) is 42.6 Å². The molecule has 0 spiro atoms. The molecule has 160 valence electrons. The van der Waals surface area contributed by atoms with E-state index in [1.165, 1.54) is 12.3 Å². The Morgan fingerprint density at radius 1 is 0.900 bits per heavy atom. The standard InChI is InChI=1S/C20H18F6N4/c21-19(22,23)14-8-13(9-15(10-14)20(24,25)26)16-2-1-3-18-17(16)11-28-30(18)12-29-6-4-27-5-7-29/h1-3,8-11,27H,4-7,12H2. The molecule has 2 heterocycles. The number of nitrogens with zero attached hydrogens (tertiary/aromatic N) is 3.